The molecule has 0 aliphatic carbocycles. The van der Waals surface area contributed by atoms with Crippen molar-refractivity contribution in [2.75, 3.05) is 31.1 Å². The summed E-state index contributed by atoms with van der Waals surface area (Å²) in [4.78, 5) is 30.4. The fourth-order valence-electron chi connectivity index (χ4n) is 3.75. The molecule has 8 nitrogen and oxygen atoms in total. The second kappa shape index (κ2) is 8.58. The van der Waals surface area contributed by atoms with Crippen LogP contribution in [-0.2, 0) is 0 Å². The Morgan fingerprint density at radius 2 is 1.53 bits per heavy atom. The number of nitrogens with zero attached hydrogens (tertiary/aromatic N) is 7. The monoisotopic (exact) mass is 425 g/mol. The molecule has 2 aromatic heterocycles. The van der Waals surface area contributed by atoms with Gasteiger partial charge in [-0.25, -0.2) is 19.6 Å². The summed E-state index contributed by atoms with van der Waals surface area (Å²) in [6, 6.07) is 19.6. The van der Waals surface area contributed by atoms with Gasteiger partial charge in [-0.05, 0) is 25.1 Å². The van der Waals surface area contributed by atoms with Gasteiger partial charge in [0.25, 0.3) is 5.91 Å². The van der Waals surface area contributed by atoms with Gasteiger partial charge >= 0.3 is 0 Å². The molecule has 1 saturated heterocycles. The lowest BCUT2D eigenvalue weighted by molar-refractivity contribution is 0.0734. The van der Waals surface area contributed by atoms with Gasteiger partial charge in [-0.1, -0.05) is 48.0 Å². The SMILES string of the molecule is Cc1ccc(-n2nc(C(=O)N3CCN(c4ncccn4)CC3)nc2-c2ccccc2)cc1. The summed E-state index contributed by atoms with van der Waals surface area (Å²) in [5, 5.41) is 4.61. The van der Waals surface area contributed by atoms with Crippen molar-refractivity contribution in [2.45, 2.75) is 6.92 Å². The van der Waals surface area contributed by atoms with Crippen molar-refractivity contribution in [2.24, 2.45) is 0 Å². The predicted octanol–water partition coefficient (Wildman–Crippen LogP) is 3.00. The fourth-order valence-corrected chi connectivity index (χ4v) is 3.75. The molecule has 2 aromatic carbocycles. The lowest BCUT2D eigenvalue weighted by atomic mass is 10.2. The van der Waals surface area contributed by atoms with E-state index < -0.39 is 0 Å². The van der Waals surface area contributed by atoms with Gasteiger partial charge in [-0.2, -0.15) is 0 Å². The number of aryl methyl sites for hydroxylation is 1. The number of benzene rings is 2. The zero-order chi connectivity index (χ0) is 21.9. The molecule has 0 radical (unpaired) electrons. The number of carbonyl (C=O) groups excluding carboxylic acids is 1. The third-order valence-corrected chi connectivity index (χ3v) is 5.51. The lowest BCUT2D eigenvalue weighted by Gasteiger charge is -2.34. The van der Waals surface area contributed by atoms with E-state index in [4.69, 9.17) is 0 Å². The van der Waals surface area contributed by atoms with Crippen LogP contribution >= 0.6 is 0 Å². The molecule has 5 rings (SSSR count). The van der Waals surface area contributed by atoms with Crippen LogP contribution in [0.25, 0.3) is 17.1 Å². The standard InChI is InChI=1S/C24H23N7O/c1-18-8-10-20(11-9-18)31-22(19-6-3-2-4-7-19)27-21(28-31)23(32)29-14-16-30(17-15-29)24-25-12-5-13-26-24/h2-13H,14-17H2,1H3. The Hall–Kier alpha value is -4.07. The molecule has 8 heteroatoms. The van der Waals surface area contributed by atoms with Gasteiger partial charge in [-0.15, -0.1) is 5.10 Å². The summed E-state index contributed by atoms with van der Waals surface area (Å²) in [5.41, 5.74) is 2.93. The van der Waals surface area contributed by atoms with Gasteiger partial charge in [0.05, 0.1) is 5.69 Å². The third-order valence-electron chi connectivity index (χ3n) is 5.51. The van der Waals surface area contributed by atoms with Gasteiger partial charge in [0.15, 0.2) is 5.82 Å². The molecule has 3 heterocycles. The maximum atomic E-state index is 13.3. The first kappa shape index (κ1) is 19.9. The molecule has 160 valence electrons. The minimum absolute atomic E-state index is 0.165. The van der Waals surface area contributed by atoms with Crippen LogP contribution in [0, 0.1) is 6.92 Å². The van der Waals surface area contributed by atoms with E-state index in [0.29, 0.717) is 38.0 Å². The number of piperazine rings is 1. The largest absolute Gasteiger partial charge is 0.337 e. The van der Waals surface area contributed by atoms with E-state index in [1.807, 2.05) is 61.5 Å². The first-order valence-electron chi connectivity index (χ1n) is 10.6. The van der Waals surface area contributed by atoms with Crippen molar-refractivity contribution < 1.29 is 4.79 Å². The maximum absolute atomic E-state index is 13.3. The Balaban J connectivity index is 1.41. The summed E-state index contributed by atoms with van der Waals surface area (Å²) in [5.74, 6) is 1.37. The van der Waals surface area contributed by atoms with Gasteiger partial charge in [0, 0.05) is 44.1 Å². The molecule has 32 heavy (non-hydrogen) atoms. The van der Waals surface area contributed by atoms with Gasteiger partial charge in [0.1, 0.15) is 0 Å². The van der Waals surface area contributed by atoms with Crippen LogP contribution < -0.4 is 4.90 Å². The van der Waals surface area contributed by atoms with E-state index >= 15 is 0 Å². The number of carbonyl (C=O) groups is 1. The molecular weight excluding hydrogens is 402 g/mol. The molecule has 1 amide bonds. The Kier molecular flexibility index (Phi) is 5.33. The summed E-state index contributed by atoms with van der Waals surface area (Å²) >= 11 is 0. The third kappa shape index (κ3) is 3.94. The molecule has 0 saturated carbocycles. The van der Waals surface area contributed by atoms with E-state index in [-0.39, 0.29) is 11.7 Å². The number of anilines is 1. The number of hydrogen-bond acceptors (Lipinski definition) is 6. The molecule has 1 fully saturated rings. The second-order valence-electron chi connectivity index (χ2n) is 7.70. The Bertz CT molecular complexity index is 1200. The first-order chi connectivity index (χ1) is 15.7. The molecule has 0 atom stereocenters. The summed E-state index contributed by atoms with van der Waals surface area (Å²) in [6.07, 6.45) is 3.46. The van der Waals surface area contributed by atoms with Gasteiger partial charge < -0.3 is 9.80 Å². The van der Waals surface area contributed by atoms with Crippen molar-refractivity contribution in [3.63, 3.8) is 0 Å². The lowest BCUT2D eigenvalue weighted by Crippen LogP contribution is -2.49. The zero-order valence-corrected chi connectivity index (χ0v) is 17.8. The highest BCUT2D eigenvalue weighted by Gasteiger charge is 2.27. The minimum atomic E-state index is -0.165. The minimum Gasteiger partial charge on any atom is -0.337 e. The van der Waals surface area contributed by atoms with Crippen LogP contribution in [0.2, 0.25) is 0 Å². The predicted molar refractivity (Wildman–Crippen MR) is 122 cm³/mol. The molecular formula is C24H23N7O. The average molecular weight is 425 g/mol. The van der Waals surface area contributed by atoms with E-state index in [1.165, 1.54) is 0 Å². The summed E-state index contributed by atoms with van der Waals surface area (Å²) < 4.78 is 1.75. The number of hydrogen-bond donors (Lipinski definition) is 0. The maximum Gasteiger partial charge on any atom is 0.293 e. The highest BCUT2D eigenvalue weighted by molar-refractivity contribution is 5.91. The zero-order valence-electron chi connectivity index (χ0n) is 17.8. The van der Waals surface area contributed by atoms with Crippen molar-refractivity contribution in [3.8, 4) is 17.1 Å². The molecule has 4 aromatic rings. The van der Waals surface area contributed by atoms with E-state index in [0.717, 1.165) is 16.8 Å². The van der Waals surface area contributed by atoms with Crippen LogP contribution in [0.3, 0.4) is 0 Å². The normalized spacial score (nSPS) is 13.9. The molecule has 0 unspecified atom stereocenters. The number of aromatic nitrogens is 5. The van der Waals surface area contributed by atoms with Crippen LogP contribution in [0.15, 0.2) is 73.1 Å². The van der Waals surface area contributed by atoms with Crippen molar-refractivity contribution in [3.05, 3.63) is 84.4 Å². The van der Waals surface area contributed by atoms with E-state index in [2.05, 4.69) is 25.0 Å². The molecule has 0 spiro atoms. The van der Waals surface area contributed by atoms with Gasteiger partial charge in [0.2, 0.25) is 11.8 Å². The van der Waals surface area contributed by atoms with Crippen LogP contribution in [0.5, 0.6) is 0 Å². The summed E-state index contributed by atoms with van der Waals surface area (Å²) in [7, 11) is 0. The Morgan fingerprint density at radius 1 is 0.844 bits per heavy atom. The highest BCUT2D eigenvalue weighted by Crippen LogP contribution is 2.22. The quantitative estimate of drug-likeness (QED) is 0.500. The van der Waals surface area contributed by atoms with Crippen LogP contribution in [0.1, 0.15) is 16.2 Å². The highest BCUT2D eigenvalue weighted by atomic mass is 16.2. The Morgan fingerprint density at radius 3 is 2.22 bits per heavy atom. The molecule has 1 aliphatic heterocycles. The smallest absolute Gasteiger partial charge is 0.293 e. The van der Waals surface area contributed by atoms with Gasteiger partial charge in [-0.3, -0.25) is 4.79 Å². The molecule has 0 bridgehead atoms. The van der Waals surface area contributed by atoms with Crippen molar-refractivity contribution in [1.29, 1.82) is 0 Å². The molecule has 0 N–H and O–H groups in total. The van der Waals surface area contributed by atoms with Crippen LogP contribution in [-0.4, -0.2) is 61.7 Å². The number of rotatable bonds is 4. The van der Waals surface area contributed by atoms with Crippen molar-refractivity contribution in [1.82, 2.24) is 29.6 Å². The number of amides is 1. The summed E-state index contributed by atoms with van der Waals surface area (Å²) in [6.45, 7) is 4.51. The first-order valence-corrected chi connectivity index (χ1v) is 10.6. The van der Waals surface area contributed by atoms with Crippen molar-refractivity contribution >= 4 is 11.9 Å². The Labute approximate surface area is 186 Å². The van der Waals surface area contributed by atoms with E-state index in [1.54, 1.807) is 28.0 Å². The topological polar surface area (TPSA) is 80.0 Å². The fraction of sp³-hybridized carbons (Fsp3) is 0.208. The average Bonchev–Trinajstić information content (AvgIpc) is 3.31. The second-order valence-corrected chi connectivity index (χ2v) is 7.70. The molecule has 1 aliphatic rings. The van der Waals surface area contributed by atoms with Crippen LogP contribution in [0.4, 0.5) is 5.95 Å². The van der Waals surface area contributed by atoms with E-state index in [9.17, 15) is 4.79 Å².